The summed E-state index contributed by atoms with van der Waals surface area (Å²) in [6.07, 6.45) is 1.55. The van der Waals surface area contributed by atoms with Crippen molar-refractivity contribution >= 4 is 35.0 Å². The van der Waals surface area contributed by atoms with Crippen LogP contribution in [0.1, 0.15) is 6.92 Å². The topological polar surface area (TPSA) is 94.8 Å². The number of amides is 1. The second-order valence-corrected chi connectivity index (χ2v) is 6.83. The highest BCUT2D eigenvalue weighted by molar-refractivity contribution is 8.00. The van der Waals surface area contributed by atoms with Gasteiger partial charge in [0.25, 0.3) is 0 Å². The van der Waals surface area contributed by atoms with Crippen molar-refractivity contribution in [2.45, 2.75) is 17.3 Å². The van der Waals surface area contributed by atoms with E-state index in [0.29, 0.717) is 10.8 Å². The summed E-state index contributed by atoms with van der Waals surface area (Å²) >= 11 is 7.20. The molecule has 26 heavy (non-hydrogen) atoms. The van der Waals surface area contributed by atoms with Crippen LogP contribution in [0.25, 0.3) is 5.69 Å². The number of hydrogen-bond acceptors (Lipinski definition) is 7. The second kappa shape index (κ2) is 8.15. The highest BCUT2D eigenvalue weighted by atomic mass is 35.5. The number of benzene rings is 1. The molecule has 0 aliphatic carbocycles. The summed E-state index contributed by atoms with van der Waals surface area (Å²) in [6.45, 7) is 1.76. The van der Waals surface area contributed by atoms with Gasteiger partial charge in [0.05, 0.1) is 23.7 Å². The van der Waals surface area contributed by atoms with E-state index in [9.17, 15) is 4.79 Å². The zero-order valence-electron chi connectivity index (χ0n) is 14.0. The van der Waals surface area contributed by atoms with Crippen molar-refractivity contribution in [2.24, 2.45) is 0 Å². The predicted molar refractivity (Wildman–Crippen MR) is 98.9 cm³/mol. The Morgan fingerprint density at radius 3 is 2.77 bits per heavy atom. The van der Waals surface area contributed by atoms with Crippen LogP contribution in [0.15, 0.2) is 47.8 Å². The Kier molecular flexibility index (Phi) is 5.69. The number of rotatable bonds is 6. The van der Waals surface area contributed by atoms with Crippen LogP contribution < -0.4 is 10.1 Å². The summed E-state index contributed by atoms with van der Waals surface area (Å²) in [4.78, 5) is 16.3. The Morgan fingerprint density at radius 1 is 1.31 bits per heavy atom. The fourth-order valence-electron chi connectivity index (χ4n) is 2.06. The molecule has 0 unspecified atom stereocenters. The van der Waals surface area contributed by atoms with E-state index in [1.807, 2.05) is 24.3 Å². The van der Waals surface area contributed by atoms with E-state index >= 15 is 0 Å². The summed E-state index contributed by atoms with van der Waals surface area (Å²) in [5, 5.41) is 14.7. The first-order chi connectivity index (χ1) is 12.6. The smallest absolute Gasteiger partial charge is 0.237 e. The number of carbonyl (C=O) groups is 1. The third-order valence-electron chi connectivity index (χ3n) is 3.43. The van der Waals surface area contributed by atoms with E-state index in [1.165, 1.54) is 11.8 Å². The van der Waals surface area contributed by atoms with Gasteiger partial charge in [-0.25, -0.2) is 4.98 Å². The largest absolute Gasteiger partial charge is 0.497 e. The van der Waals surface area contributed by atoms with Gasteiger partial charge in [0.1, 0.15) is 5.75 Å². The molecule has 1 atom stereocenters. The van der Waals surface area contributed by atoms with Gasteiger partial charge in [-0.2, -0.15) is 4.68 Å². The minimum Gasteiger partial charge on any atom is -0.497 e. The van der Waals surface area contributed by atoms with Crippen molar-refractivity contribution in [3.05, 3.63) is 47.7 Å². The van der Waals surface area contributed by atoms with Gasteiger partial charge in [0.2, 0.25) is 11.1 Å². The maximum atomic E-state index is 12.4. The average molecular weight is 391 g/mol. The Labute approximate surface area is 158 Å². The minimum atomic E-state index is -0.450. The number of thioether (sulfide) groups is 1. The summed E-state index contributed by atoms with van der Waals surface area (Å²) in [5.74, 6) is 0.506. The molecule has 0 saturated carbocycles. The summed E-state index contributed by atoms with van der Waals surface area (Å²) in [6, 6.07) is 10.7. The number of carbonyl (C=O) groups excluding carboxylic acids is 1. The number of halogens is 1. The Balaban J connectivity index is 1.72. The normalized spacial score (nSPS) is 11.8. The lowest BCUT2D eigenvalue weighted by Crippen LogP contribution is -2.23. The van der Waals surface area contributed by atoms with Crippen molar-refractivity contribution in [1.29, 1.82) is 0 Å². The van der Waals surface area contributed by atoms with Crippen molar-refractivity contribution in [3.8, 4) is 11.4 Å². The fraction of sp³-hybridized carbons (Fsp3) is 0.188. The molecule has 2 aromatic heterocycles. The number of hydrogen-bond donors (Lipinski definition) is 1. The number of ether oxygens (including phenoxy) is 1. The molecule has 3 aromatic rings. The second-order valence-electron chi connectivity index (χ2n) is 5.16. The predicted octanol–water partition coefficient (Wildman–Crippen LogP) is 2.84. The molecule has 0 saturated heterocycles. The van der Waals surface area contributed by atoms with Crippen molar-refractivity contribution in [1.82, 2.24) is 25.2 Å². The molecular formula is C16H15ClN6O2S. The number of anilines is 1. The van der Waals surface area contributed by atoms with Crippen molar-refractivity contribution < 1.29 is 9.53 Å². The molecule has 8 nitrogen and oxygen atoms in total. The fourth-order valence-corrected chi connectivity index (χ4v) is 3.04. The number of methoxy groups -OCH3 is 1. The molecule has 0 bridgehead atoms. The van der Waals surface area contributed by atoms with Gasteiger partial charge in [-0.3, -0.25) is 4.79 Å². The van der Waals surface area contributed by atoms with Gasteiger partial charge >= 0.3 is 0 Å². The van der Waals surface area contributed by atoms with E-state index in [1.54, 1.807) is 37.0 Å². The standard InChI is InChI=1S/C16H15ClN6O2S/c1-10(15(24)19-13-4-3-9-18-14(13)17)26-16-20-21-22-23(16)11-5-7-12(25-2)8-6-11/h3-10H,1-2H3,(H,19,24)/t10-/m0/s1. The first-order valence-corrected chi connectivity index (χ1v) is 8.85. The quantitative estimate of drug-likeness (QED) is 0.510. The van der Waals surface area contributed by atoms with Crippen LogP contribution in [0.4, 0.5) is 5.69 Å². The van der Waals surface area contributed by atoms with Crippen LogP contribution >= 0.6 is 23.4 Å². The van der Waals surface area contributed by atoms with Gasteiger partial charge < -0.3 is 10.1 Å². The molecule has 134 valence electrons. The molecule has 1 amide bonds. The molecule has 10 heteroatoms. The molecule has 3 rings (SSSR count). The van der Waals surface area contributed by atoms with Gasteiger partial charge in [0.15, 0.2) is 5.15 Å². The van der Waals surface area contributed by atoms with Crippen LogP contribution in [0.3, 0.4) is 0 Å². The lowest BCUT2D eigenvalue weighted by Gasteiger charge is -2.12. The third kappa shape index (κ3) is 4.12. The van der Waals surface area contributed by atoms with Gasteiger partial charge in [-0.05, 0) is 53.7 Å². The van der Waals surface area contributed by atoms with E-state index in [-0.39, 0.29) is 11.1 Å². The summed E-state index contributed by atoms with van der Waals surface area (Å²) in [5.41, 5.74) is 1.22. The maximum absolute atomic E-state index is 12.4. The molecule has 0 fully saturated rings. The van der Waals surface area contributed by atoms with E-state index < -0.39 is 5.25 Å². The molecule has 0 spiro atoms. The van der Waals surface area contributed by atoms with E-state index in [4.69, 9.17) is 16.3 Å². The molecule has 0 aliphatic heterocycles. The number of nitrogens with zero attached hydrogens (tertiary/aromatic N) is 5. The van der Waals surface area contributed by atoms with Crippen LogP contribution in [-0.4, -0.2) is 43.5 Å². The van der Waals surface area contributed by atoms with E-state index in [0.717, 1.165) is 11.4 Å². The van der Waals surface area contributed by atoms with Gasteiger partial charge in [-0.1, -0.05) is 23.4 Å². The molecule has 2 heterocycles. The van der Waals surface area contributed by atoms with Crippen molar-refractivity contribution in [2.75, 3.05) is 12.4 Å². The Morgan fingerprint density at radius 2 is 2.08 bits per heavy atom. The lowest BCUT2D eigenvalue weighted by atomic mass is 10.3. The molecule has 1 aromatic carbocycles. The van der Waals surface area contributed by atoms with Crippen LogP contribution in [-0.2, 0) is 4.79 Å². The number of tetrazole rings is 1. The number of aromatic nitrogens is 5. The van der Waals surface area contributed by atoms with Gasteiger partial charge in [-0.15, -0.1) is 5.10 Å². The number of nitrogens with one attached hydrogen (secondary N) is 1. The zero-order chi connectivity index (χ0) is 18.5. The lowest BCUT2D eigenvalue weighted by molar-refractivity contribution is -0.115. The minimum absolute atomic E-state index is 0.228. The summed E-state index contributed by atoms with van der Waals surface area (Å²) < 4.78 is 6.70. The Hall–Kier alpha value is -2.65. The zero-order valence-corrected chi connectivity index (χ0v) is 15.5. The maximum Gasteiger partial charge on any atom is 0.237 e. The van der Waals surface area contributed by atoms with Crippen LogP contribution in [0, 0.1) is 0 Å². The molecule has 0 aliphatic rings. The first kappa shape index (κ1) is 18.2. The van der Waals surface area contributed by atoms with Gasteiger partial charge in [0, 0.05) is 6.20 Å². The first-order valence-electron chi connectivity index (χ1n) is 7.59. The Bertz CT molecular complexity index is 902. The highest BCUT2D eigenvalue weighted by Gasteiger charge is 2.20. The van der Waals surface area contributed by atoms with Crippen molar-refractivity contribution in [3.63, 3.8) is 0 Å². The van der Waals surface area contributed by atoms with Crippen LogP contribution in [0.2, 0.25) is 5.15 Å². The average Bonchev–Trinajstić information content (AvgIpc) is 3.11. The van der Waals surface area contributed by atoms with E-state index in [2.05, 4.69) is 25.8 Å². The summed E-state index contributed by atoms with van der Waals surface area (Å²) in [7, 11) is 1.60. The van der Waals surface area contributed by atoms with Crippen LogP contribution in [0.5, 0.6) is 5.75 Å². The SMILES string of the molecule is COc1ccc(-n2nnnc2S[C@@H](C)C(=O)Nc2cccnc2Cl)cc1. The third-order valence-corrected chi connectivity index (χ3v) is 4.76. The highest BCUT2D eigenvalue weighted by Crippen LogP contribution is 2.25. The number of pyridine rings is 1. The molecular weight excluding hydrogens is 376 g/mol. The molecule has 0 radical (unpaired) electrons. The molecule has 1 N–H and O–H groups in total. The monoisotopic (exact) mass is 390 g/mol.